The summed E-state index contributed by atoms with van der Waals surface area (Å²) in [6.07, 6.45) is 3.25. The van der Waals surface area contributed by atoms with Crippen LogP contribution in [0.1, 0.15) is 41.0 Å². The van der Waals surface area contributed by atoms with Crippen LogP contribution in [0.25, 0.3) is 0 Å². The van der Waals surface area contributed by atoms with E-state index in [0.717, 1.165) is 28.8 Å². The lowest BCUT2D eigenvalue weighted by molar-refractivity contribution is 0.895. The van der Waals surface area contributed by atoms with Gasteiger partial charge in [0.1, 0.15) is 16.6 Å². The standard InChI is InChI=1S/C13H16N4S/c1-8-7-18-13(15-8)6-12-16-10(9-3-4-9)5-11(14-2)17-12/h5,7,9H,3-4,6H2,1-2H3,(H,14,16,17). The quantitative estimate of drug-likeness (QED) is 0.918. The molecule has 0 aromatic carbocycles. The van der Waals surface area contributed by atoms with Crippen LogP contribution in [0.3, 0.4) is 0 Å². The molecule has 94 valence electrons. The first kappa shape index (κ1) is 11.6. The fourth-order valence-electron chi connectivity index (χ4n) is 1.93. The summed E-state index contributed by atoms with van der Waals surface area (Å²) >= 11 is 1.68. The van der Waals surface area contributed by atoms with E-state index < -0.39 is 0 Å². The molecule has 0 bridgehead atoms. The molecule has 0 unspecified atom stereocenters. The number of nitrogens with zero attached hydrogens (tertiary/aromatic N) is 3. The second kappa shape index (κ2) is 4.65. The molecule has 2 aromatic heterocycles. The second-order valence-electron chi connectivity index (χ2n) is 4.68. The van der Waals surface area contributed by atoms with Crippen molar-refractivity contribution in [2.75, 3.05) is 12.4 Å². The molecule has 0 radical (unpaired) electrons. The number of anilines is 1. The summed E-state index contributed by atoms with van der Waals surface area (Å²) in [7, 11) is 1.90. The molecule has 4 nitrogen and oxygen atoms in total. The van der Waals surface area contributed by atoms with Gasteiger partial charge in [-0.25, -0.2) is 15.0 Å². The molecule has 0 amide bonds. The van der Waals surface area contributed by atoms with E-state index >= 15 is 0 Å². The van der Waals surface area contributed by atoms with E-state index in [1.54, 1.807) is 11.3 Å². The average Bonchev–Trinajstić information content (AvgIpc) is 3.14. The monoisotopic (exact) mass is 260 g/mol. The number of hydrogen-bond acceptors (Lipinski definition) is 5. The van der Waals surface area contributed by atoms with Crippen LogP contribution in [0.4, 0.5) is 5.82 Å². The van der Waals surface area contributed by atoms with Gasteiger partial charge in [-0.2, -0.15) is 0 Å². The molecule has 5 heteroatoms. The zero-order chi connectivity index (χ0) is 12.5. The van der Waals surface area contributed by atoms with Crippen LogP contribution < -0.4 is 5.32 Å². The van der Waals surface area contributed by atoms with Crippen molar-refractivity contribution in [3.8, 4) is 0 Å². The van der Waals surface area contributed by atoms with Crippen LogP contribution in [0.2, 0.25) is 0 Å². The van der Waals surface area contributed by atoms with Crippen molar-refractivity contribution in [3.63, 3.8) is 0 Å². The molecule has 0 aliphatic heterocycles. The maximum atomic E-state index is 4.66. The zero-order valence-electron chi connectivity index (χ0n) is 10.6. The molecular weight excluding hydrogens is 244 g/mol. The van der Waals surface area contributed by atoms with Crippen molar-refractivity contribution in [1.29, 1.82) is 0 Å². The van der Waals surface area contributed by atoms with Crippen LogP contribution in [0.5, 0.6) is 0 Å². The largest absolute Gasteiger partial charge is 0.373 e. The van der Waals surface area contributed by atoms with Crippen molar-refractivity contribution >= 4 is 17.2 Å². The third kappa shape index (κ3) is 2.51. The van der Waals surface area contributed by atoms with Gasteiger partial charge in [-0.1, -0.05) is 0 Å². The van der Waals surface area contributed by atoms with Crippen molar-refractivity contribution < 1.29 is 0 Å². The lowest BCUT2D eigenvalue weighted by Gasteiger charge is -2.06. The number of hydrogen-bond donors (Lipinski definition) is 1. The minimum atomic E-state index is 0.650. The molecule has 2 aromatic rings. The number of thiazole rings is 1. The van der Waals surface area contributed by atoms with Crippen LogP contribution >= 0.6 is 11.3 Å². The van der Waals surface area contributed by atoms with Gasteiger partial charge in [-0.05, 0) is 19.8 Å². The van der Waals surface area contributed by atoms with Crippen molar-refractivity contribution in [2.45, 2.75) is 32.1 Å². The molecular formula is C13H16N4S. The highest BCUT2D eigenvalue weighted by molar-refractivity contribution is 7.09. The Morgan fingerprint density at radius 2 is 2.17 bits per heavy atom. The minimum absolute atomic E-state index is 0.650. The van der Waals surface area contributed by atoms with Gasteiger partial charge >= 0.3 is 0 Å². The average molecular weight is 260 g/mol. The molecule has 1 fully saturated rings. The third-order valence-electron chi connectivity index (χ3n) is 3.02. The summed E-state index contributed by atoms with van der Waals surface area (Å²) in [5, 5.41) is 6.27. The fourth-order valence-corrected chi connectivity index (χ4v) is 2.70. The van der Waals surface area contributed by atoms with Crippen molar-refractivity contribution in [2.24, 2.45) is 0 Å². The van der Waals surface area contributed by atoms with Crippen LogP contribution in [0, 0.1) is 6.92 Å². The minimum Gasteiger partial charge on any atom is -0.373 e. The van der Waals surface area contributed by atoms with Crippen LogP contribution in [-0.2, 0) is 6.42 Å². The SMILES string of the molecule is CNc1cc(C2CC2)nc(Cc2nc(C)cs2)n1. The smallest absolute Gasteiger partial charge is 0.137 e. The molecule has 1 N–H and O–H groups in total. The molecule has 0 saturated heterocycles. The number of rotatable bonds is 4. The summed E-state index contributed by atoms with van der Waals surface area (Å²) in [6.45, 7) is 2.01. The molecule has 1 aliphatic rings. The summed E-state index contributed by atoms with van der Waals surface area (Å²) in [4.78, 5) is 13.6. The lowest BCUT2D eigenvalue weighted by atomic mass is 10.2. The summed E-state index contributed by atoms with van der Waals surface area (Å²) < 4.78 is 0. The van der Waals surface area contributed by atoms with Gasteiger partial charge in [0.15, 0.2) is 0 Å². The van der Waals surface area contributed by atoms with E-state index in [2.05, 4.69) is 31.7 Å². The summed E-state index contributed by atoms with van der Waals surface area (Å²) in [5.41, 5.74) is 2.25. The van der Waals surface area contributed by atoms with E-state index in [9.17, 15) is 0 Å². The van der Waals surface area contributed by atoms with Crippen molar-refractivity contribution in [3.05, 3.63) is 33.7 Å². The molecule has 2 heterocycles. The zero-order valence-corrected chi connectivity index (χ0v) is 11.4. The van der Waals surface area contributed by atoms with Gasteiger partial charge in [0.05, 0.1) is 6.42 Å². The first-order valence-electron chi connectivity index (χ1n) is 6.21. The number of aryl methyl sites for hydroxylation is 1. The Morgan fingerprint density at radius 3 is 2.78 bits per heavy atom. The molecule has 18 heavy (non-hydrogen) atoms. The Balaban J connectivity index is 1.88. The number of aromatic nitrogens is 3. The normalized spacial score (nSPS) is 14.8. The van der Waals surface area contributed by atoms with Gasteiger partial charge in [-0.15, -0.1) is 11.3 Å². The van der Waals surface area contributed by atoms with E-state index in [0.29, 0.717) is 5.92 Å². The fraction of sp³-hybridized carbons (Fsp3) is 0.462. The predicted octanol–water partition coefficient (Wildman–Crippen LogP) is 2.75. The Labute approximate surface area is 111 Å². The van der Waals surface area contributed by atoms with E-state index in [-0.39, 0.29) is 0 Å². The van der Waals surface area contributed by atoms with E-state index in [1.165, 1.54) is 18.5 Å². The molecule has 1 aliphatic carbocycles. The van der Waals surface area contributed by atoms with Gasteiger partial charge in [-0.3, -0.25) is 0 Å². The van der Waals surface area contributed by atoms with Gasteiger partial charge in [0.25, 0.3) is 0 Å². The van der Waals surface area contributed by atoms with Gasteiger partial charge in [0, 0.05) is 35.8 Å². The Morgan fingerprint density at radius 1 is 1.33 bits per heavy atom. The summed E-state index contributed by atoms with van der Waals surface area (Å²) in [6, 6.07) is 2.06. The maximum Gasteiger partial charge on any atom is 0.137 e. The Bertz CT molecular complexity index is 560. The topological polar surface area (TPSA) is 50.7 Å². The molecule has 1 saturated carbocycles. The predicted molar refractivity (Wildman–Crippen MR) is 73.2 cm³/mol. The first-order valence-corrected chi connectivity index (χ1v) is 7.09. The van der Waals surface area contributed by atoms with Gasteiger partial charge < -0.3 is 5.32 Å². The number of nitrogens with one attached hydrogen (secondary N) is 1. The summed E-state index contributed by atoms with van der Waals surface area (Å²) in [5.74, 6) is 2.44. The van der Waals surface area contributed by atoms with Gasteiger partial charge in [0.2, 0.25) is 0 Å². The highest BCUT2D eigenvalue weighted by atomic mass is 32.1. The Kier molecular flexibility index (Phi) is 2.99. The third-order valence-corrected chi connectivity index (χ3v) is 3.99. The highest BCUT2D eigenvalue weighted by Crippen LogP contribution is 2.39. The lowest BCUT2D eigenvalue weighted by Crippen LogP contribution is -2.03. The van der Waals surface area contributed by atoms with Crippen LogP contribution in [0.15, 0.2) is 11.4 Å². The van der Waals surface area contributed by atoms with Crippen LogP contribution in [-0.4, -0.2) is 22.0 Å². The van der Waals surface area contributed by atoms with E-state index in [4.69, 9.17) is 0 Å². The molecule has 3 rings (SSSR count). The van der Waals surface area contributed by atoms with Crippen molar-refractivity contribution in [1.82, 2.24) is 15.0 Å². The molecule has 0 spiro atoms. The maximum absolute atomic E-state index is 4.66. The molecule has 0 atom stereocenters. The Hall–Kier alpha value is -1.49. The highest BCUT2D eigenvalue weighted by Gasteiger charge is 2.26. The first-order chi connectivity index (χ1) is 8.74. The second-order valence-corrected chi connectivity index (χ2v) is 5.62. The van der Waals surface area contributed by atoms with E-state index in [1.807, 2.05) is 14.0 Å².